The molecule has 1 aromatic rings. The predicted molar refractivity (Wildman–Crippen MR) is 63.3 cm³/mol. The summed E-state index contributed by atoms with van der Waals surface area (Å²) in [6.45, 7) is 4.33. The van der Waals surface area contributed by atoms with Gasteiger partial charge in [-0.3, -0.25) is 0 Å². The zero-order chi connectivity index (χ0) is 11.1. The van der Waals surface area contributed by atoms with Crippen LogP contribution in [-0.4, -0.2) is 37.8 Å². The van der Waals surface area contributed by atoms with Crippen molar-refractivity contribution in [3.05, 3.63) is 16.1 Å². The van der Waals surface area contributed by atoms with Crippen LogP contribution in [0.2, 0.25) is 0 Å². The van der Waals surface area contributed by atoms with Crippen molar-refractivity contribution in [1.29, 1.82) is 0 Å². The Hall–Kier alpha value is -0.490. The van der Waals surface area contributed by atoms with Gasteiger partial charge in [0, 0.05) is 38.0 Å². The number of hydrogen-bond donors (Lipinski definition) is 2. The molecule has 0 aliphatic rings. The van der Waals surface area contributed by atoms with Crippen LogP contribution in [0.15, 0.2) is 5.38 Å². The van der Waals surface area contributed by atoms with Crippen LogP contribution in [-0.2, 0) is 11.2 Å². The highest BCUT2D eigenvalue weighted by atomic mass is 32.1. The first-order valence-electron chi connectivity index (χ1n) is 5.08. The maximum Gasteiger partial charge on any atom is 0.0897 e. The standard InChI is InChI=1S/C10H19N3OS/c1-8-13-10(7-15-8)3-4-12-5-9(11)6-14-2/h7,9,12H,3-6,11H2,1-2H3. The normalized spacial score (nSPS) is 13.0. The molecule has 1 unspecified atom stereocenters. The van der Waals surface area contributed by atoms with Gasteiger partial charge in [0.05, 0.1) is 17.3 Å². The van der Waals surface area contributed by atoms with Crippen LogP contribution in [0.4, 0.5) is 0 Å². The Morgan fingerprint density at radius 3 is 3.07 bits per heavy atom. The summed E-state index contributed by atoms with van der Waals surface area (Å²) in [7, 11) is 1.66. The van der Waals surface area contributed by atoms with Crippen molar-refractivity contribution >= 4 is 11.3 Å². The van der Waals surface area contributed by atoms with Crippen LogP contribution < -0.4 is 11.1 Å². The van der Waals surface area contributed by atoms with Crippen LogP contribution in [0.25, 0.3) is 0 Å². The van der Waals surface area contributed by atoms with Crippen molar-refractivity contribution in [1.82, 2.24) is 10.3 Å². The second-order valence-corrected chi connectivity index (χ2v) is 4.59. The van der Waals surface area contributed by atoms with Gasteiger partial charge in [0.1, 0.15) is 0 Å². The summed E-state index contributed by atoms with van der Waals surface area (Å²) in [5.41, 5.74) is 6.92. The first-order valence-corrected chi connectivity index (χ1v) is 5.96. The third-order valence-electron chi connectivity index (χ3n) is 2.01. The molecule has 0 saturated carbocycles. The highest BCUT2D eigenvalue weighted by Gasteiger charge is 2.01. The molecular formula is C10H19N3OS. The number of methoxy groups -OCH3 is 1. The molecule has 1 atom stereocenters. The van der Waals surface area contributed by atoms with Crippen LogP contribution >= 0.6 is 11.3 Å². The lowest BCUT2D eigenvalue weighted by Gasteiger charge is -2.10. The number of nitrogens with zero attached hydrogens (tertiary/aromatic N) is 1. The van der Waals surface area contributed by atoms with Gasteiger partial charge in [0.2, 0.25) is 0 Å². The smallest absolute Gasteiger partial charge is 0.0897 e. The van der Waals surface area contributed by atoms with E-state index in [9.17, 15) is 0 Å². The molecule has 4 nitrogen and oxygen atoms in total. The topological polar surface area (TPSA) is 60.2 Å². The molecule has 0 aliphatic heterocycles. The van der Waals surface area contributed by atoms with E-state index >= 15 is 0 Å². The molecule has 0 bridgehead atoms. The molecule has 0 radical (unpaired) electrons. The molecule has 0 aromatic carbocycles. The number of nitrogens with one attached hydrogen (secondary N) is 1. The monoisotopic (exact) mass is 229 g/mol. The maximum absolute atomic E-state index is 5.77. The van der Waals surface area contributed by atoms with E-state index in [0.29, 0.717) is 6.61 Å². The molecule has 0 spiro atoms. The van der Waals surface area contributed by atoms with Crippen molar-refractivity contribution in [3.63, 3.8) is 0 Å². The SMILES string of the molecule is COCC(N)CNCCc1csc(C)n1. The molecule has 15 heavy (non-hydrogen) atoms. The fraction of sp³-hybridized carbons (Fsp3) is 0.700. The zero-order valence-electron chi connectivity index (χ0n) is 9.32. The second-order valence-electron chi connectivity index (χ2n) is 3.53. The molecule has 1 rings (SSSR count). The lowest BCUT2D eigenvalue weighted by Crippen LogP contribution is -2.38. The first-order chi connectivity index (χ1) is 7.22. The predicted octanol–water partition coefficient (Wildman–Crippen LogP) is 0.557. The van der Waals surface area contributed by atoms with Crippen molar-refractivity contribution in [2.24, 2.45) is 5.73 Å². The van der Waals surface area contributed by atoms with E-state index in [4.69, 9.17) is 10.5 Å². The Morgan fingerprint density at radius 2 is 2.47 bits per heavy atom. The van der Waals surface area contributed by atoms with E-state index in [-0.39, 0.29) is 6.04 Å². The molecule has 0 aliphatic carbocycles. The van der Waals surface area contributed by atoms with E-state index in [1.165, 1.54) is 0 Å². The number of aromatic nitrogens is 1. The lowest BCUT2D eigenvalue weighted by molar-refractivity contribution is 0.179. The van der Waals surface area contributed by atoms with Gasteiger partial charge in [-0.05, 0) is 6.92 Å². The summed E-state index contributed by atoms with van der Waals surface area (Å²) in [4.78, 5) is 4.39. The largest absolute Gasteiger partial charge is 0.383 e. The van der Waals surface area contributed by atoms with Crippen molar-refractivity contribution in [2.45, 2.75) is 19.4 Å². The average Bonchev–Trinajstić information content (AvgIpc) is 2.60. The van der Waals surface area contributed by atoms with Gasteiger partial charge in [0.25, 0.3) is 0 Å². The van der Waals surface area contributed by atoms with Crippen molar-refractivity contribution in [2.75, 3.05) is 26.8 Å². The molecule has 3 N–H and O–H groups in total. The second kappa shape index (κ2) is 6.90. The molecular weight excluding hydrogens is 210 g/mol. The maximum atomic E-state index is 5.77. The Kier molecular flexibility index (Phi) is 5.78. The van der Waals surface area contributed by atoms with Gasteiger partial charge >= 0.3 is 0 Å². The quantitative estimate of drug-likeness (QED) is 0.671. The first kappa shape index (κ1) is 12.6. The van der Waals surface area contributed by atoms with E-state index in [0.717, 1.165) is 30.2 Å². The van der Waals surface area contributed by atoms with Gasteiger partial charge in [-0.1, -0.05) is 0 Å². The minimum atomic E-state index is 0.0761. The van der Waals surface area contributed by atoms with Gasteiger partial charge < -0.3 is 15.8 Å². The Morgan fingerprint density at radius 1 is 1.67 bits per heavy atom. The number of rotatable bonds is 7. The number of ether oxygens (including phenoxy) is 1. The fourth-order valence-corrected chi connectivity index (χ4v) is 1.95. The molecule has 0 amide bonds. The summed E-state index contributed by atoms with van der Waals surface area (Å²) >= 11 is 1.69. The summed E-state index contributed by atoms with van der Waals surface area (Å²) in [6.07, 6.45) is 0.962. The van der Waals surface area contributed by atoms with Crippen molar-refractivity contribution in [3.8, 4) is 0 Å². The van der Waals surface area contributed by atoms with Crippen LogP contribution in [0.5, 0.6) is 0 Å². The third kappa shape index (κ3) is 5.22. The number of nitrogens with two attached hydrogens (primary N) is 1. The minimum absolute atomic E-state index is 0.0761. The van der Waals surface area contributed by atoms with Gasteiger partial charge in [-0.15, -0.1) is 11.3 Å². The summed E-state index contributed by atoms with van der Waals surface area (Å²) in [5.74, 6) is 0. The third-order valence-corrected chi connectivity index (χ3v) is 2.83. The van der Waals surface area contributed by atoms with E-state index in [1.54, 1.807) is 18.4 Å². The van der Waals surface area contributed by atoms with Crippen molar-refractivity contribution < 1.29 is 4.74 Å². The summed E-state index contributed by atoms with van der Waals surface area (Å²) in [6, 6.07) is 0.0761. The number of thiazole rings is 1. The van der Waals surface area contributed by atoms with E-state index in [1.807, 2.05) is 6.92 Å². The van der Waals surface area contributed by atoms with Crippen LogP contribution in [0.3, 0.4) is 0 Å². The Balaban J connectivity index is 2.06. The molecule has 5 heteroatoms. The highest BCUT2D eigenvalue weighted by Crippen LogP contribution is 2.07. The van der Waals surface area contributed by atoms with Gasteiger partial charge in [-0.2, -0.15) is 0 Å². The van der Waals surface area contributed by atoms with Gasteiger partial charge in [0.15, 0.2) is 0 Å². The fourth-order valence-electron chi connectivity index (χ4n) is 1.30. The van der Waals surface area contributed by atoms with E-state index < -0.39 is 0 Å². The zero-order valence-corrected chi connectivity index (χ0v) is 10.1. The van der Waals surface area contributed by atoms with Crippen LogP contribution in [0, 0.1) is 6.92 Å². The summed E-state index contributed by atoms with van der Waals surface area (Å²) < 4.78 is 4.95. The number of hydrogen-bond acceptors (Lipinski definition) is 5. The molecule has 1 aromatic heterocycles. The summed E-state index contributed by atoms with van der Waals surface area (Å²) in [5, 5.41) is 6.52. The lowest BCUT2D eigenvalue weighted by atomic mass is 10.3. The van der Waals surface area contributed by atoms with Crippen LogP contribution in [0.1, 0.15) is 10.7 Å². The minimum Gasteiger partial charge on any atom is -0.383 e. The Bertz CT molecular complexity index is 277. The molecule has 86 valence electrons. The Labute approximate surface area is 94.8 Å². The number of aryl methyl sites for hydroxylation is 1. The highest BCUT2D eigenvalue weighted by molar-refractivity contribution is 7.09. The average molecular weight is 229 g/mol. The van der Waals surface area contributed by atoms with E-state index in [2.05, 4.69) is 15.7 Å². The molecule has 1 heterocycles. The van der Waals surface area contributed by atoms with Gasteiger partial charge in [-0.25, -0.2) is 4.98 Å². The molecule has 0 saturated heterocycles. The molecule has 0 fully saturated rings.